The molecule has 1 aliphatic heterocycles. The van der Waals surface area contributed by atoms with E-state index < -0.39 is 10.0 Å². The minimum Gasteiger partial charge on any atom is -0.261 e. The van der Waals surface area contributed by atoms with Crippen LogP contribution >= 0.6 is 11.8 Å². The first-order chi connectivity index (χ1) is 8.79. The predicted octanol–water partition coefficient (Wildman–Crippen LogP) is 2.37. The third-order valence-corrected chi connectivity index (χ3v) is 5.21. The maximum absolute atomic E-state index is 12.1. The van der Waals surface area contributed by atoms with Crippen molar-refractivity contribution in [3.8, 4) is 0 Å². The summed E-state index contributed by atoms with van der Waals surface area (Å²) in [5.41, 5.74) is 1.13. The van der Waals surface area contributed by atoms with Crippen LogP contribution in [0.4, 0.5) is 0 Å². The van der Waals surface area contributed by atoms with E-state index in [0.29, 0.717) is 11.7 Å². The number of aliphatic imine (C=N–C) groups is 1. The highest BCUT2D eigenvalue weighted by Crippen LogP contribution is 2.23. The average Bonchev–Trinajstić information content (AvgIpc) is 2.80. The number of rotatable bonds is 2. The minimum absolute atomic E-state index is 0.0150. The summed E-state index contributed by atoms with van der Waals surface area (Å²) in [7, 11) is -3.51. The maximum atomic E-state index is 12.1. The summed E-state index contributed by atoms with van der Waals surface area (Å²) in [6.07, 6.45) is 0. The molecule has 1 aromatic rings. The summed E-state index contributed by atoms with van der Waals surface area (Å²) in [6, 6.07) is 7.00. The molecule has 19 heavy (non-hydrogen) atoms. The van der Waals surface area contributed by atoms with Gasteiger partial charge in [-0.05, 0) is 23.1 Å². The standard InChI is InChI=1S/C13H18N2O2S2/c1-13(2,3)10-4-6-11(7-5-10)19(16,17)15-12-14-8-9-18-12/h4-7H,8-9H2,1-3H3,(H,14,15). The number of amidine groups is 1. The Morgan fingerprint density at radius 2 is 1.84 bits per heavy atom. The van der Waals surface area contributed by atoms with E-state index in [-0.39, 0.29) is 10.3 Å². The number of benzene rings is 1. The van der Waals surface area contributed by atoms with Gasteiger partial charge in [0.2, 0.25) is 0 Å². The van der Waals surface area contributed by atoms with Gasteiger partial charge < -0.3 is 0 Å². The number of hydrogen-bond acceptors (Lipinski definition) is 4. The summed E-state index contributed by atoms with van der Waals surface area (Å²) < 4.78 is 26.8. The second-order valence-corrected chi connectivity index (χ2v) is 8.18. The molecule has 0 unspecified atom stereocenters. The molecule has 0 saturated carbocycles. The lowest BCUT2D eigenvalue weighted by molar-refractivity contribution is 0.585. The van der Waals surface area contributed by atoms with Gasteiger partial charge in [0.05, 0.1) is 11.4 Å². The molecule has 0 amide bonds. The predicted molar refractivity (Wildman–Crippen MR) is 80.2 cm³/mol. The fourth-order valence-corrected chi connectivity index (χ4v) is 3.73. The van der Waals surface area contributed by atoms with Gasteiger partial charge in [0.1, 0.15) is 0 Å². The Morgan fingerprint density at radius 1 is 1.21 bits per heavy atom. The van der Waals surface area contributed by atoms with Gasteiger partial charge in [-0.3, -0.25) is 9.71 Å². The van der Waals surface area contributed by atoms with Crippen molar-refractivity contribution in [1.82, 2.24) is 4.72 Å². The van der Waals surface area contributed by atoms with Crippen LogP contribution in [0, 0.1) is 0 Å². The van der Waals surface area contributed by atoms with Crippen LogP contribution < -0.4 is 4.72 Å². The first kappa shape index (κ1) is 14.4. The highest BCUT2D eigenvalue weighted by Gasteiger charge is 2.20. The van der Waals surface area contributed by atoms with Gasteiger partial charge in [-0.15, -0.1) is 0 Å². The number of hydrogen-bond donors (Lipinski definition) is 1. The summed E-state index contributed by atoms with van der Waals surface area (Å²) in [5, 5.41) is 0.486. The molecule has 1 N–H and O–H groups in total. The quantitative estimate of drug-likeness (QED) is 0.912. The van der Waals surface area contributed by atoms with E-state index in [1.165, 1.54) is 11.8 Å². The molecule has 0 bridgehead atoms. The van der Waals surface area contributed by atoms with Crippen molar-refractivity contribution in [1.29, 1.82) is 0 Å². The molecule has 1 aromatic carbocycles. The summed E-state index contributed by atoms with van der Waals surface area (Å²) >= 11 is 1.43. The van der Waals surface area contributed by atoms with Crippen LogP contribution in [0.25, 0.3) is 0 Å². The van der Waals surface area contributed by atoms with Crippen LogP contribution in [0.2, 0.25) is 0 Å². The Balaban J connectivity index is 2.21. The molecule has 6 heteroatoms. The Morgan fingerprint density at radius 3 is 2.32 bits per heavy atom. The van der Waals surface area contributed by atoms with Gasteiger partial charge in [0.15, 0.2) is 5.17 Å². The van der Waals surface area contributed by atoms with Crippen LogP contribution in [0.3, 0.4) is 0 Å². The van der Waals surface area contributed by atoms with Gasteiger partial charge in [0, 0.05) is 5.75 Å². The SMILES string of the molecule is CC(C)(C)c1ccc(S(=O)(=O)NC2=NCCS2)cc1. The monoisotopic (exact) mass is 298 g/mol. The van der Waals surface area contributed by atoms with E-state index in [0.717, 1.165) is 11.3 Å². The zero-order valence-corrected chi connectivity index (χ0v) is 12.9. The molecule has 0 saturated heterocycles. The zero-order valence-electron chi connectivity index (χ0n) is 11.3. The molecular weight excluding hydrogens is 280 g/mol. The van der Waals surface area contributed by atoms with Crippen LogP contribution in [0.5, 0.6) is 0 Å². The van der Waals surface area contributed by atoms with Crippen molar-refractivity contribution in [2.45, 2.75) is 31.1 Å². The van der Waals surface area contributed by atoms with Crippen LogP contribution in [0.1, 0.15) is 26.3 Å². The van der Waals surface area contributed by atoms with Crippen molar-refractivity contribution < 1.29 is 8.42 Å². The molecule has 0 atom stereocenters. The van der Waals surface area contributed by atoms with E-state index in [4.69, 9.17) is 0 Å². The molecule has 0 aromatic heterocycles. The Hall–Kier alpha value is -1.01. The largest absolute Gasteiger partial charge is 0.263 e. The van der Waals surface area contributed by atoms with Crippen molar-refractivity contribution >= 4 is 27.0 Å². The highest BCUT2D eigenvalue weighted by molar-refractivity contribution is 8.15. The smallest absolute Gasteiger partial charge is 0.261 e. The topological polar surface area (TPSA) is 58.5 Å². The van der Waals surface area contributed by atoms with Crippen LogP contribution in [-0.4, -0.2) is 25.9 Å². The third kappa shape index (κ3) is 3.51. The summed E-state index contributed by atoms with van der Waals surface area (Å²) in [6.45, 7) is 6.96. The normalized spacial score (nSPS) is 16.3. The molecule has 0 fully saturated rings. The summed E-state index contributed by atoms with van der Waals surface area (Å²) in [4.78, 5) is 4.37. The van der Waals surface area contributed by atoms with E-state index in [1.807, 2.05) is 12.1 Å². The maximum Gasteiger partial charge on any atom is 0.263 e. The number of sulfonamides is 1. The first-order valence-electron chi connectivity index (χ1n) is 6.10. The molecule has 0 radical (unpaired) electrons. The molecule has 4 nitrogen and oxygen atoms in total. The van der Waals surface area contributed by atoms with Crippen molar-refractivity contribution in [3.63, 3.8) is 0 Å². The molecule has 0 aliphatic carbocycles. The van der Waals surface area contributed by atoms with Gasteiger partial charge in [0.25, 0.3) is 10.0 Å². The molecule has 104 valence electrons. The lowest BCUT2D eigenvalue weighted by Crippen LogP contribution is -2.27. The van der Waals surface area contributed by atoms with Crippen LogP contribution in [-0.2, 0) is 15.4 Å². The minimum atomic E-state index is -3.51. The highest BCUT2D eigenvalue weighted by atomic mass is 32.2. The fraction of sp³-hybridized carbons (Fsp3) is 0.462. The Labute approximate surface area is 118 Å². The van der Waals surface area contributed by atoms with E-state index in [2.05, 4.69) is 30.5 Å². The Bertz CT molecular complexity index is 584. The third-order valence-electron chi connectivity index (χ3n) is 2.84. The van der Waals surface area contributed by atoms with Crippen molar-refractivity contribution in [2.24, 2.45) is 4.99 Å². The van der Waals surface area contributed by atoms with Gasteiger partial charge in [-0.1, -0.05) is 44.7 Å². The first-order valence-corrected chi connectivity index (χ1v) is 8.56. The fourth-order valence-electron chi connectivity index (χ4n) is 1.70. The average molecular weight is 298 g/mol. The molecule has 0 spiro atoms. The Kier molecular flexibility index (Phi) is 3.92. The molecule has 1 heterocycles. The second-order valence-electron chi connectivity index (χ2n) is 5.42. The summed E-state index contributed by atoms with van der Waals surface area (Å²) in [5.74, 6) is 0.834. The molecular formula is C13H18N2O2S2. The lowest BCUT2D eigenvalue weighted by atomic mass is 9.87. The van der Waals surface area contributed by atoms with E-state index in [9.17, 15) is 8.42 Å². The van der Waals surface area contributed by atoms with E-state index in [1.54, 1.807) is 12.1 Å². The number of nitrogens with zero attached hydrogens (tertiary/aromatic N) is 1. The van der Waals surface area contributed by atoms with Crippen molar-refractivity contribution in [3.05, 3.63) is 29.8 Å². The van der Waals surface area contributed by atoms with E-state index >= 15 is 0 Å². The number of nitrogens with one attached hydrogen (secondary N) is 1. The number of thioether (sulfide) groups is 1. The lowest BCUT2D eigenvalue weighted by Gasteiger charge is -2.19. The van der Waals surface area contributed by atoms with Gasteiger partial charge in [-0.2, -0.15) is 0 Å². The molecule has 1 aliphatic rings. The van der Waals surface area contributed by atoms with Crippen molar-refractivity contribution in [2.75, 3.05) is 12.3 Å². The van der Waals surface area contributed by atoms with Gasteiger partial charge in [-0.25, -0.2) is 8.42 Å². The van der Waals surface area contributed by atoms with Crippen LogP contribution in [0.15, 0.2) is 34.2 Å². The molecule has 2 rings (SSSR count). The van der Waals surface area contributed by atoms with Gasteiger partial charge >= 0.3 is 0 Å². The zero-order chi connectivity index (χ0) is 14.1. The second kappa shape index (κ2) is 5.17.